The molecule has 136 valence electrons. The predicted molar refractivity (Wildman–Crippen MR) is 104 cm³/mol. The van der Waals surface area contributed by atoms with Crippen molar-refractivity contribution >= 4 is 23.9 Å². The highest BCUT2D eigenvalue weighted by atomic mass is 16.5. The van der Waals surface area contributed by atoms with Crippen LogP contribution in [0.15, 0.2) is 48.7 Å². The molecule has 1 fully saturated rings. The Bertz CT molecular complexity index is 710. The summed E-state index contributed by atoms with van der Waals surface area (Å²) in [5.41, 5.74) is 2.73. The van der Waals surface area contributed by atoms with Gasteiger partial charge in [-0.05, 0) is 35.9 Å². The van der Waals surface area contributed by atoms with Crippen LogP contribution in [0.1, 0.15) is 11.3 Å². The van der Waals surface area contributed by atoms with Gasteiger partial charge in [-0.15, -0.1) is 0 Å². The van der Waals surface area contributed by atoms with E-state index in [-0.39, 0.29) is 6.03 Å². The minimum absolute atomic E-state index is 0.185. The lowest BCUT2D eigenvalue weighted by atomic mass is 10.2. The van der Waals surface area contributed by atoms with E-state index in [4.69, 9.17) is 4.74 Å². The largest absolute Gasteiger partial charge is 0.379 e. The molecule has 1 aromatic carbocycles. The van der Waals surface area contributed by atoms with Crippen LogP contribution in [0.25, 0.3) is 12.2 Å². The molecule has 2 N–H and O–H groups in total. The summed E-state index contributed by atoms with van der Waals surface area (Å²) in [6.45, 7) is 4.86. The molecule has 0 aliphatic carbocycles. The van der Waals surface area contributed by atoms with E-state index in [2.05, 4.69) is 20.5 Å². The van der Waals surface area contributed by atoms with Crippen LogP contribution in [0.4, 0.5) is 10.5 Å². The van der Waals surface area contributed by atoms with Gasteiger partial charge >= 0.3 is 6.03 Å². The van der Waals surface area contributed by atoms with Gasteiger partial charge in [-0.3, -0.25) is 9.88 Å². The summed E-state index contributed by atoms with van der Waals surface area (Å²) in [6.07, 6.45) is 5.72. The highest BCUT2D eigenvalue weighted by Crippen LogP contribution is 2.12. The smallest absolute Gasteiger partial charge is 0.319 e. The standard InChI is InChI=1S/C20H24N4O2/c25-20(22-11-12-24-13-15-26-16-14-24)23-19-8-5-17(6-9-19)4-7-18-3-1-2-10-21-18/h1-10H,11-16H2,(H2,22,23,25). The lowest BCUT2D eigenvalue weighted by molar-refractivity contribution is 0.0388. The number of aromatic nitrogens is 1. The number of nitrogens with zero attached hydrogens (tertiary/aromatic N) is 2. The number of benzene rings is 1. The first-order valence-electron chi connectivity index (χ1n) is 8.84. The summed E-state index contributed by atoms with van der Waals surface area (Å²) in [6, 6.07) is 13.3. The van der Waals surface area contributed by atoms with E-state index in [1.165, 1.54) is 0 Å². The molecule has 2 aromatic rings. The quantitative estimate of drug-likeness (QED) is 0.839. The molecule has 0 atom stereocenters. The van der Waals surface area contributed by atoms with Crippen LogP contribution in [-0.2, 0) is 4.74 Å². The Morgan fingerprint density at radius 2 is 1.92 bits per heavy atom. The Morgan fingerprint density at radius 1 is 1.12 bits per heavy atom. The number of hydrogen-bond acceptors (Lipinski definition) is 4. The van der Waals surface area contributed by atoms with Crippen molar-refractivity contribution in [3.05, 3.63) is 59.9 Å². The summed E-state index contributed by atoms with van der Waals surface area (Å²) in [5.74, 6) is 0. The number of rotatable bonds is 6. The number of ether oxygens (including phenoxy) is 1. The van der Waals surface area contributed by atoms with Crippen molar-refractivity contribution in [1.29, 1.82) is 0 Å². The zero-order chi connectivity index (χ0) is 18.0. The maximum Gasteiger partial charge on any atom is 0.319 e. The predicted octanol–water partition coefficient (Wildman–Crippen LogP) is 2.71. The second-order valence-corrected chi connectivity index (χ2v) is 6.04. The molecule has 2 heterocycles. The van der Waals surface area contributed by atoms with Gasteiger partial charge in [0.25, 0.3) is 0 Å². The molecule has 1 aromatic heterocycles. The van der Waals surface area contributed by atoms with Crippen LogP contribution < -0.4 is 10.6 Å². The van der Waals surface area contributed by atoms with E-state index >= 15 is 0 Å². The van der Waals surface area contributed by atoms with Crippen molar-refractivity contribution in [1.82, 2.24) is 15.2 Å². The van der Waals surface area contributed by atoms with E-state index in [1.54, 1.807) is 6.20 Å². The molecule has 0 saturated carbocycles. The van der Waals surface area contributed by atoms with Crippen LogP contribution in [-0.4, -0.2) is 55.3 Å². The molecular formula is C20H24N4O2. The van der Waals surface area contributed by atoms with Gasteiger partial charge in [0.1, 0.15) is 0 Å². The molecule has 2 amide bonds. The molecule has 6 nitrogen and oxygen atoms in total. The maximum atomic E-state index is 12.0. The number of urea groups is 1. The molecule has 3 rings (SSSR count). The summed E-state index contributed by atoms with van der Waals surface area (Å²) >= 11 is 0. The fourth-order valence-electron chi connectivity index (χ4n) is 2.66. The average molecular weight is 352 g/mol. The number of pyridine rings is 1. The van der Waals surface area contributed by atoms with Crippen molar-refractivity contribution in [2.75, 3.05) is 44.7 Å². The molecule has 0 unspecified atom stereocenters. The molecule has 1 aliphatic heterocycles. The van der Waals surface area contributed by atoms with Crippen molar-refractivity contribution in [3.8, 4) is 0 Å². The third-order valence-electron chi connectivity index (χ3n) is 4.12. The normalized spacial score (nSPS) is 15.1. The first-order chi connectivity index (χ1) is 12.8. The number of carbonyl (C=O) groups excluding carboxylic acids is 1. The SMILES string of the molecule is O=C(NCCN1CCOCC1)Nc1ccc(C=Cc2ccccn2)cc1. The van der Waals surface area contributed by atoms with Crippen molar-refractivity contribution in [2.45, 2.75) is 0 Å². The Labute approximate surface area is 153 Å². The van der Waals surface area contributed by atoms with E-state index in [9.17, 15) is 4.79 Å². The molecule has 0 radical (unpaired) electrons. The summed E-state index contributed by atoms with van der Waals surface area (Å²) in [4.78, 5) is 18.5. The third kappa shape index (κ3) is 5.98. The zero-order valence-corrected chi connectivity index (χ0v) is 14.7. The first kappa shape index (κ1) is 18.1. The topological polar surface area (TPSA) is 66.5 Å². The van der Waals surface area contributed by atoms with Gasteiger partial charge in [-0.1, -0.05) is 24.3 Å². The van der Waals surface area contributed by atoms with E-state index in [1.807, 2.05) is 54.6 Å². The maximum absolute atomic E-state index is 12.0. The van der Waals surface area contributed by atoms with E-state index in [0.29, 0.717) is 6.54 Å². The number of amides is 2. The summed E-state index contributed by atoms with van der Waals surface area (Å²) < 4.78 is 5.31. The fourth-order valence-corrected chi connectivity index (χ4v) is 2.66. The molecular weight excluding hydrogens is 328 g/mol. The number of nitrogens with one attached hydrogen (secondary N) is 2. The van der Waals surface area contributed by atoms with Gasteiger partial charge < -0.3 is 15.4 Å². The molecule has 26 heavy (non-hydrogen) atoms. The Balaban J connectivity index is 1.41. The number of anilines is 1. The van der Waals surface area contributed by atoms with Gasteiger partial charge in [-0.25, -0.2) is 4.79 Å². The van der Waals surface area contributed by atoms with Crippen LogP contribution >= 0.6 is 0 Å². The van der Waals surface area contributed by atoms with Crippen LogP contribution in [0.2, 0.25) is 0 Å². The lowest BCUT2D eigenvalue weighted by Gasteiger charge is -2.26. The minimum Gasteiger partial charge on any atom is -0.379 e. The Hall–Kier alpha value is -2.70. The zero-order valence-electron chi connectivity index (χ0n) is 14.7. The van der Waals surface area contributed by atoms with Crippen LogP contribution in [0, 0.1) is 0 Å². The summed E-state index contributed by atoms with van der Waals surface area (Å²) in [5, 5.41) is 5.74. The second-order valence-electron chi connectivity index (χ2n) is 6.04. The van der Waals surface area contributed by atoms with Gasteiger partial charge in [0, 0.05) is 38.1 Å². The van der Waals surface area contributed by atoms with Crippen molar-refractivity contribution < 1.29 is 9.53 Å². The number of hydrogen-bond donors (Lipinski definition) is 2. The second kappa shape index (κ2) is 9.70. The molecule has 0 spiro atoms. The van der Waals surface area contributed by atoms with E-state index < -0.39 is 0 Å². The summed E-state index contributed by atoms with van der Waals surface area (Å²) in [7, 11) is 0. The van der Waals surface area contributed by atoms with Crippen molar-refractivity contribution in [3.63, 3.8) is 0 Å². The van der Waals surface area contributed by atoms with Crippen LogP contribution in [0.3, 0.4) is 0 Å². The van der Waals surface area contributed by atoms with Gasteiger partial charge in [0.05, 0.1) is 18.9 Å². The van der Waals surface area contributed by atoms with E-state index in [0.717, 1.165) is 49.8 Å². The average Bonchev–Trinajstić information content (AvgIpc) is 2.69. The van der Waals surface area contributed by atoms with Gasteiger partial charge in [0.2, 0.25) is 0 Å². The Kier molecular flexibility index (Phi) is 6.75. The van der Waals surface area contributed by atoms with Gasteiger partial charge in [-0.2, -0.15) is 0 Å². The lowest BCUT2D eigenvalue weighted by Crippen LogP contribution is -2.42. The highest BCUT2D eigenvalue weighted by molar-refractivity contribution is 5.89. The monoisotopic (exact) mass is 352 g/mol. The molecule has 1 saturated heterocycles. The molecule has 1 aliphatic rings. The minimum atomic E-state index is -0.185. The number of morpholine rings is 1. The van der Waals surface area contributed by atoms with Crippen LogP contribution in [0.5, 0.6) is 0 Å². The molecule has 0 bridgehead atoms. The first-order valence-corrected chi connectivity index (χ1v) is 8.84. The Morgan fingerprint density at radius 3 is 2.65 bits per heavy atom. The fraction of sp³-hybridized carbons (Fsp3) is 0.300. The molecule has 6 heteroatoms. The highest BCUT2D eigenvalue weighted by Gasteiger charge is 2.10. The third-order valence-corrected chi connectivity index (χ3v) is 4.12. The number of carbonyl (C=O) groups is 1. The van der Waals surface area contributed by atoms with Gasteiger partial charge in [0.15, 0.2) is 0 Å². The van der Waals surface area contributed by atoms with Crippen molar-refractivity contribution in [2.24, 2.45) is 0 Å².